The standard InChI is InChI=1S/C19H16F2N8O/c20-15(21)10-29-9-13(14-2-5-24-19(26-14)23-4-1-3-22)17(28-29)12-6-11-7-16(30)27-18(11)25-8-12/h2,5-6,8-9,15H,1,4,7,10H2,(H,23,24,26)(H,25,27,30). The topological polar surface area (TPSA) is 121 Å². The van der Waals surface area contributed by atoms with Crippen LogP contribution < -0.4 is 10.6 Å². The summed E-state index contributed by atoms with van der Waals surface area (Å²) in [6.45, 7) is -0.184. The maximum absolute atomic E-state index is 12.9. The van der Waals surface area contributed by atoms with Gasteiger partial charge in [-0.15, -0.1) is 0 Å². The zero-order chi connectivity index (χ0) is 21.1. The Kier molecular flexibility index (Phi) is 5.30. The van der Waals surface area contributed by atoms with Crippen molar-refractivity contribution in [3.05, 3.63) is 36.3 Å². The molecule has 0 saturated heterocycles. The number of nitrogens with zero attached hydrogens (tertiary/aromatic N) is 6. The summed E-state index contributed by atoms with van der Waals surface area (Å²) >= 11 is 0. The van der Waals surface area contributed by atoms with Crippen molar-refractivity contribution in [1.82, 2.24) is 24.7 Å². The van der Waals surface area contributed by atoms with Gasteiger partial charge in [0.2, 0.25) is 11.9 Å². The molecule has 4 rings (SSSR count). The van der Waals surface area contributed by atoms with Crippen LogP contribution in [0.15, 0.2) is 30.7 Å². The summed E-state index contributed by atoms with van der Waals surface area (Å²) in [7, 11) is 0. The van der Waals surface area contributed by atoms with Gasteiger partial charge in [0.25, 0.3) is 6.43 Å². The van der Waals surface area contributed by atoms with E-state index >= 15 is 0 Å². The lowest BCUT2D eigenvalue weighted by molar-refractivity contribution is -0.115. The molecule has 0 bridgehead atoms. The van der Waals surface area contributed by atoms with Gasteiger partial charge in [0.05, 0.1) is 24.6 Å². The normalized spacial score (nSPS) is 12.5. The molecule has 11 heteroatoms. The number of alkyl halides is 2. The fraction of sp³-hybridized carbons (Fsp3) is 0.263. The van der Waals surface area contributed by atoms with Crippen LogP contribution in [0.25, 0.3) is 22.5 Å². The number of pyridine rings is 1. The van der Waals surface area contributed by atoms with E-state index in [0.29, 0.717) is 52.8 Å². The monoisotopic (exact) mass is 410 g/mol. The molecular formula is C19H16F2N8O. The van der Waals surface area contributed by atoms with E-state index < -0.39 is 13.0 Å². The van der Waals surface area contributed by atoms with E-state index in [9.17, 15) is 13.6 Å². The molecule has 9 nitrogen and oxygen atoms in total. The molecule has 1 aliphatic rings. The lowest BCUT2D eigenvalue weighted by Gasteiger charge is -2.06. The summed E-state index contributed by atoms with van der Waals surface area (Å²) < 4.78 is 27.1. The van der Waals surface area contributed by atoms with Crippen LogP contribution >= 0.6 is 0 Å². The average molecular weight is 410 g/mol. The fourth-order valence-corrected chi connectivity index (χ4v) is 3.12. The predicted molar refractivity (Wildman–Crippen MR) is 104 cm³/mol. The second-order valence-corrected chi connectivity index (χ2v) is 6.56. The van der Waals surface area contributed by atoms with Crippen molar-refractivity contribution in [2.75, 3.05) is 17.2 Å². The third-order valence-electron chi connectivity index (χ3n) is 4.39. The van der Waals surface area contributed by atoms with E-state index in [1.54, 1.807) is 12.1 Å². The van der Waals surface area contributed by atoms with Crippen LogP contribution in [-0.4, -0.2) is 43.6 Å². The molecule has 3 aromatic heterocycles. The molecule has 0 aromatic carbocycles. The van der Waals surface area contributed by atoms with Gasteiger partial charge in [-0.1, -0.05) is 0 Å². The molecule has 0 saturated carbocycles. The van der Waals surface area contributed by atoms with Crippen LogP contribution in [0.3, 0.4) is 0 Å². The Morgan fingerprint density at radius 2 is 2.23 bits per heavy atom. The molecule has 3 aromatic rings. The molecule has 152 valence electrons. The van der Waals surface area contributed by atoms with Crippen molar-refractivity contribution in [1.29, 1.82) is 5.26 Å². The Morgan fingerprint density at radius 3 is 3.03 bits per heavy atom. The zero-order valence-electron chi connectivity index (χ0n) is 15.6. The van der Waals surface area contributed by atoms with E-state index in [2.05, 4.69) is 30.7 Å². The lowest BCUT2D eigenvalue weighted by Crippen LogP contribution is -2.06. The minimum atomic E-state index is -2.57. The summed E-state index contributed by atoms with van der Waals surface area (Å²) in [4.78, 5) is 24.4. The van der Waals surface area contributed by atoms with Gasteiger partial charge in [0.1, 0.15) is 18.1 Å². The lowest BCUT2D eigenvalue weighted by atomic mass is 10.1. The summed E-state index contributed by atoms with van der Waals surface area (Å²) in [5.74, 6) is 0.655. The van der Waals surface area contributed by atoms with Crippen LogP contribution in [0.5, 0.6) is 0 Å². The second-order valence-electron chi connectivity index (χ2n) is 6.56. The zero-order valence-corrected chi connectivity index (χ0v) is 15.6. The minimum Gasteiger partial charge on any atom is -0.353 e. The molecule has 0 fully saturated rings. The maximum Gasteiger partial charge on any atom is 0.257 e. The Hall–Kier alpha value is -3.94. The highest BCUT2D eigenvalue weighted by Gasteiger charge is 2.22. The molecule has 1 amide bonds. The van der Waals surface area contributed by atoms with E-state index in [1.165, 1.54) is 18.6 Å². The van der Waals surface area contributed by atoms with Gasteiger partial charge in [-0.3, -0.25) is 9.48 Å². The van der Waals surface area contributed by atoms with E-state index in [1.807, 2.05) is 6.07 Å². The van der Waals surface area contributed by atoms with Gasteiger partial charge in [-0.25, -0.2) is 23.7 Å². The van der Waals surface area contributed by atoms with Crippen molar-refractivity contribution < 1.29 is 13.6 Å². The van der Waals surface area contributed by atoms with Gasteiger partial charge in [0, 0.05) is 41.8 Å². The molecule has 0 aliphatic carbocycles. The Labute approximate surface area is 169 Å². The van der Waals surface area contributed by atoms with E-state index in [0.717, 1.165) is 4.68 Å². The first-order chi connectivity index (χ1) is 14.5. The number of nitrogens with one attached hydrogen (secondary N) is 2. The number of aromatic nitrogens is 5. The number of halogens is 2. The molecule has 0 atom stereocenters. The number of fused-ring (bicyclic) bond motifs is 1. The highest BCUT2D eigenvalue weighted by atomic mass is 19.3. The fourth-order valence-electron chi connectivity index (χ4n) is 3.12. The van der Waals surface area contributed by atoms with Gasteiger partial charge in [-0.2, -0.15) is 10.4 Å². The first-order valence-corrected chi connectivity index (χ1v) is 9.12. The van der Waals surface area contributed by atoms with Crippen LogP contribution in [-0.2, 0) is 17.8 Å². The number of anilines is 2. The third-order valence-corrected chi connectivity index (χ3v) is 4.39. The molecular weight excluding hydrogens is 394 g/mol. The highest BCUT2D eigenvalue weighted by Crippen LogP contribution is 2.33. The van der Waals surface area contributed by atoms with Crippen molar-refractivity contribution in [2.45, 2.75) is 25.8 Å². The number of amides is 1. The molecule has 0 unspecified atom stereocenters. The number of rotatable bonds is 7. The molecule has 2 N–H and O–H groups in total. The van der Waals surface area contributed by atoms with Crippen molar-refractivity contribution in [3.63, 3.8) is 0 Å². The first-order valence-electron chi connectivity index (χ1n) is 9.12. The van der Waals surface area contributed by atoms with Crippen LogP contribution in [0.4, 0.5) is 20.5 Å². The van der Waals surface area contributed by atoms with Gasteiger partial charge in [0.15, 0.2) is 0 Å². The smallest absolute Gasteiger partial charge is 0.257 e. The third kappa shape index (κ3) is 4.07. The largest absolute Gasteiger partial charge is 0.353 e. The van der Waals surface area contributed by atoms with Gasteiger partial charge in [-0.05, 0) is 12.1 Å². The van der Waals surface area contributed by atoms with Gasteiger partial charge >= 0.3 is 0 Å². The number of hydrogen-bond acceptors (Lipinski definition) is 7. The average Bonchev–Trinajstić information content (AvgIpc) is 3.29. The molecule has 0 spiro atoms. The number of carbonyl (C=O) groups is 1. The van der Waals surface area contributed by atoms with Crippen LogP contribution in [0.2, 0.25) is 0 Å². The van der Waals surface area contributed by atoms with E-state index in [-0.39, 0.29) is 12.3 Å². The Morgan fingerprint density at radius 1 is 1.37 bits per heavy atom. The maximum atomic E-state index is 12.9. The van der Waals surface area contributed by atoms with Gasteiger partial charge < -0.3 is 10.6 Å². The SMILES string of the molecule is N#CCCNc1nccc(-c2cn(CC(F)F)nc2-c2cnc3c(c2)CC(=O)N3)n1. The van der Waals surface area contributed by atoms with Crippen LogP contribution in [0, 0.1) is 11.3 Å². The quantitative estimate of drug-likeness (QED) is 0.574. The molecule has 30 heavy (non-hydrogen) atoms. The Bertz CT molecular complexity index is 1140. The number of hydrogen-bond donors (Lipinski definition) is 2. The summed E-state index contributed by atoms with van der Waals surface area (Å²) in [6, 6.07) is 5.44. The minimum absolute atomic E-state index is 0.151. The number of nitriles is 1. The molecule has 4 heterocycles. The second kappa shape index (κ2) is 8.20. The summed E-state index contributed by atoms with van der Waals surface area (Å²) in [5, 5.41) is 18.6. The first kappa shape index (κ1) is 19.4. The van der Waals surface area contributed by atoms with Crippen LogP contribution in [0.1, 0.15) is 12.0 Å². The Balaban J connectivity index is 1.74. The van der Waals surface area contributed by atoms with Crippen molar-refractivity contribution in [3.8, 4) is 28.6 Å². The van der Waals surface area contributed by atoms with E-state index in [4.69, 9.17) is 5.26 Å². The molecule has 0 radical (unpaired) electrons. The van der Waals surface area contributed by atoms with Crippen molar-refractivity contribution >= 4 is 17.7 Å². The van der Waals surface area contributed by atoms with Crippen molar-refractivity contribution in [2.24, 2.45) is 0 Å². The molecule has 1 aliphatic heterocycles. The summed E-state index contributed by atoms with van der Waals surface area (Å²) in [6.07, 6.45) is 2.49. The summed E-state index contributed by atoms with van der Waals surface area (Å²) in [5.41, 5.74) is 2.74. The predicted octanol–water partition coefficient (Wildman–Crippen LogP) is 2.49. The highest BCUT2D eigenvalue weighted by molar-refractivity contribution is 5.98. The number of carbonyl (C=O) groups excluding carboxylic acids is 1.